The van der Waals surface area contributed by atoms with Gasteiger partial charge in [-0.25, -0.2) is 9.59 Å². The first-order valence-electron chi connectivity index (χ1n) is 12.0. The van der Waals surface area contributed by atoms with E-state index in [0.717, 1.165) is 14.7 Å². The third-order valence-corrected chi connectivity index (χ3v) is 8.01. The van der Waals surface area contributed by atoms with E-state index in [-0.39, 0.29) is 11.9 Å². The van der Waals surface area contributed by atoms with Crippen LogP contribution in [0.1, 0.15) is 31.8 Å². The molecule has 220 valence electrons. The number of ether oxygens (including phenoxy) is 4. The van der Waals surface area contributed by atoms with Crippen molar-refractivity contribution in [2.45, 2.75) is 13.2 Å². The number of hydrogen-bond donors (Lipinski definition) is 1. The standard InChI is InChI=1S/C15H11Cl2IO3.C15H13Cl2NO3/c2*1-20-15(19)10-4-2-9(3-5-10)8-21-14-7-13(18)11(16)6-12(14)17/h2-7H,8H2,1H3;2-7H,8,18H2,1H3. The van der Waals surface area contributed by atoms with Gasteiger partial charge in [0.25, 0.3) is 0 Å². The second-order valence-electron chi connectivity index (χ2n) is 8.46. The molecule has 0 spiro atoms. The number of carbonyl (C=O) groups excluding carboxylic acids is 2. The van der Waals surface area contributed by atoms with Crippen molar-refractivity contribution in [3.05, 3.63) is 119 Å². The van der Waals surface area contributed by atoms with Gasteiger partial charge >= 0.3 is 11.9 Å². The van der Waals surface area contributed by atoms with Crippen molar-refractivity contribution in [1.82, 2.24) is 0 Å². The average Bonchev–Trinajstić information content (AvgIpc) is 2.99. The van der Waals surface area contributed by atoms with Crippen molar-refractivity contribution in [2.75, 3.05) is 20.0 Å². The summed E-state index contributed by atoms with van der Waals surface area (Å²) in [4.78, 5) is 22.7. The Balaban J connectivity index is 0.000000230. The van der Waals surface area contributed by atoms with Crippen molar-refractivity contribution in [2.24, 2.45) is 0 Å². The molecule has 0 heterocycles. The van der Waals surface area contributed by atoms with Crippen molar-refractivity contribution >= 4 is 86.6 Å². The summed E-state index contributed by atoms with van der Waals surface area (Å²) in [6.07, 6.45) is 0. The van der Waals surface area contributed by atoms with Crippen molar-refractivity contribution in [3.63, 3.8) is 0 Å². The highest BCUT2D eigenvalue weighted by Gasteiger charge is 2.10. The molecule has 0 aliphatic carbocycles. The molecule has 42 heavy (non-hydrogen) atoms. The third kappa shape index (κ3) is 9.57. The fourth-order valence-electron chi connectivity index (χ4n) is 3.30. The summed E-state index contributed by atoms with van der Waals surface area (Å²) in [6.45, 7) is 0.640. The second-order valence-corrected chi connectivity index (χ2v) is 11.2. The minimum Gasteiger partial charge on any atom is -0.487 e. The number of esters is 2. The molecule has 0 radical (unpaired) electrons. The summed E-state index contributed by atoms with van der Waals surface area (Å²) < 4.78 is 21.4. The molecule has 7 nitrogen and oxygen atoms in total. The van der Waals surface area contributed by atoms with Gasteiger partial charge in [-0.15, -0.1) is 0 Å². The third-order valence-electron chi connectivity index (χ3n) is 5.56. The maximum atomic E-state index is 11.3. The quantitative estimate of drug-likeness (QED) is 0.0829. The highest BCUT2D eigenvalue weighted by molar-refractivity contribution is 14.1. The zero-order valence-corrected chi connectivity index (χ0v) is 27.4. The minimum absolute atomic E-state index is 0.294. The molecule has 12 heteroatoms. The van der Waals surface area contributed by atoms with Crippen molar-refractivity contribution in [3.8, 4) is 11.5 Å². The molecule has 0 amide bonds. The fourth-order valence-corrected chi connectivity index (χ4v) is 4.62. The monoisotopic (exact) mass is 761 g/mol. The molecule has 4 aromatic rings. The number of halogens is 5. The number of methoxy groups -OCH3 is 2. The van der Waals surface area contributed by atoms with Gasteiger partial charge in [-0.3, -0.25) is 0 Å². The van der Waals surface area contributed by atoms with Crippen LogP contribution < -0.4 is 15.2 Å². The molecule has 4 aromatic carbocycles. The van der Waals surface area contributed by atoms with E-state index in [0.29, 0.717) is 61.6 Å². The summed E-state index contributed by atoms with van der Waals surface area (Å²) in [5, 5.41) is 1.83. The Bertz CT molecular complexity index is 1430. The van der Waals surface area contributed by atoms with Gasteiger partial charge in [-0.1, -0.05) is 70.7 Å². The van der Waals surface area contributed by atoms with Gasteiger partial charge in [0.05, 0.1) is 51.1 Å². The Morgan fingerprint density at radius 3 is 1.48 bits per heavy atom. The van der Waals surface area contributed by atoms with Crippen molar-refractivity contribution in [1.29, 1.82) is 0 Å². The average molecular weight is 763 g/mol. The van der Waals surface area contributed by atoms with Crippen LogP contribution in [0.2, 0.25) is 20.1 Å². The first-order valence-corrected chi connectivity index (χ1v) is 14.6. The van der Waals surface area contributed by atoms with Gasteiger partial charge in [0.1, 0.15) is 24.7 Å². The van der Waals surface area contributed by atoms with E-state index in [2.05, 4.69) is 32.1 Å². The van der Waals surface area contributed by atoms with E-state index in [9.17, 15) is 9.59 Å². The zero-order valence-electron chi connectivity index (χ0n) is 22.3. The van der Waals surface area contributed by atoms with Crippen LogP contribution in [-0.4, -0.2) is 26.2 Å². The highest BCUT2D eigenvalue weighted by Crippen LogP contribution is 2.33. The van der Waals surface area contributed by atoms with Gasteiger partial charge in [0.2, 0.25) is 0 Å². The molecule has 2 N–H and O–H groups in total. The van der Waals surface area contributed by atoms with Crippen LogP contribution in [0.15, 0.2) is 72.8 Å². The molecule has 0 saturated heterocycles. The van der Waals surface area contributed by atoms with Gasteiger partial charge < -0.3 is 24.7 Å². The molecule has 4 rings (SSSR count). The SMILES string of the molecule is COC(=O)c1ccc(COc2cc(I)c(Cl)cc2Cl)cc1.COC(=O)c1ccc(COc2cc(N)c(Cl)cc2Cl)cc1. The molecule has 0 atom stereocenters. The molecule has 0 saturated carbocycles. The van der Waals surface area contributed by atoms with Crippen LogP contribution >= 0.6 is 69.0 Å². The van der Waals surface area contributed by atoms with E-state index in [1.54, 1.807) is 66.7 Å². The molecule has 0 fully saturated rings. The minimum atomic E-state index is -0.379. The summed E-state index contributed by atoms with van der Waals surface area (Å²) in [6, 6.07) is 20.4. The largest absolute Gasteiger partial charge is 0.487 e. The fraction of sp³-hybridized carbons (Fsp3) is 0.133. The first-order chi connectivity index (χ1) is 20.0. The Hall–Kier alpha value is -2.89. The summed E-state index contributed by atoms with van der Waals surface area (Å²) >= 11 is 26.0. The van der Waals surface area contributed by atoms with E-state index in [1.807, 2.05) is 0 Å². The van der Waals surface area contributed by atoms with Gasteiger partial charge in [0.15, 0.2) is 0 Å². The maximum Gasteiger partial charge on any atom is 0.337 e. The van der Waals surface area contributed by atoms with E-state index in [4.69, 9.17) is 61.6 Å². The molecule has 0 aromatic heterocycles. The van der Waals surface area contributed by atoms with Gasteiger partial charge in [-0.05, 0) is 76.2 Å². The summed E-state index contributed by atoms with van der Waals surface area (Å²) in [7, 11) is 2.69. The molecule has 0 unspecified atom stereocenters. The number of hydrogen-bond acceptors (Lipinski definition) is 7. The lowest BCUT2D eigenvalue weighted by Crippen LogP contribution is -2.02. The Morgan fingerprint density at radius 2 is 1.05 bits per heavy atom. The Morgan fingerprint density at radius 1 is 0.643 bits per heavy atom. The van der Waals surface area contributed by atoms with Crippen LogP contribution in [-0.2, 0) is 22.7 Å². The molecule has 0 aliphatic heterocycles. The zero-order chi connectivity index (χ0) is 30.8. The van der Waals surface area contributed by atoms with Crippen LogP contribution in [0.3, 0.4) is 0 Å². The van der Waals surface area contributed by atoms with Gasteiger partial charge in [-0.2, -0.15) is 0 Å². The van der Waals surface area contributed by atoms with E-state index < -0.39 is 0 Å². The van der Waals surface area contributed by atoms with Crippen LogP contribution in [0, 0.1) is 3.57 Å². The lowest BCUT2D eigenvalue weighted by Gasteiger charge is -2.10. The van der Waals surface area contributed by atoms with Crippen LogP contribution in [0.25, 0.3) is 0 Å². The Kier molecular flexibility index (Phi) is 12.9. The number of nitrogens with two attached hydrogens (primary N) is 1. The number of anilines is 1. The Labute approximate surface area is 276 Å². The normalized spacial score (nSPS) is 10.3. The molecule has 0 bridgehead atoms. The number of rotatable bonds is 8. The predicted octanol–water partition coefficient (Wildman–Crippen LogP) is 8.90. The lowest BCUT2D eigenvalue weighted by molar-refractivity contribution is 0.0592. The maximum absolute atomic E-state index is 11.3. The van der Waals surface area contributed by atoms with Crippen LogP contribution in [0.5, 0.6) is 11.5 Å². The second kappa shape index (κ2) is 16.1. The summed E-state index contributed by atoms with van der Waals surface area (Å²) in [5.41, 5.74) is 8.89. The first kappa shape index (κ1) is 33.6. The number of carbonyl (C=O) groups is 2. The summed E-state index contributed by atoms with van der Waals surface area (Å²) in [5.74, 6) is 0.284. The lowest BCUT2D eigenvalue weighted by atomic mass is 10.1. The highest BCUT2D eigenvalue weighted by atomic mass is 127. The van der Waals surface area contributed by atoms with E-state index in [1.165, 1.54) is 20.3 Å². The smallest absolute Gasteiger partial charge is 0.337 e. The van der Waals surface area contributed by atoms with Crippen LogP contribution in [0.4, 0.5) is 5.69 Å². The predicted molar refractivity (Wildman–Crippen MR) is 174 cm³/mol. The number of nitrogen functional groups attached to an aromatic ring is 1. The molecular weight excluding hydrogens is 739 g/mol. The van der Waals surface area contributed by atoms with Crippen molar-refractivity contribution < 1.29 is 28.5 Å². The number of benzene rings is 4. The van der Waals surface area contributed by atoms with E-state index >= 15 is 0 Å². The molecular formula is C30H24Cl4INO6. The molecule has 0 aliphatic rings. The topological polar surface area (TPSA) is 97.1 Å². The van der Waals surface area contributed by atoms with Gasteiger partial charge in [0, 0.05) is 9.64 Å².